The van der Waals surface area contributed by atoms with E-state index in [1.165, 1.54) is 6.42 Å². The summed E-state index contributed by atoms with van der Waals surface area (Å²) in [5, 5.41) is 9.60. The molecule has 0 saturated carbocycles. The molecule has 0 aromatic heterocycles. The second-order valence-electron chi connectivity index (χ2n) is 5.55. The van der Waals surface area contributed by atoms with Gasteiger partial charge in [-0.15, -0.1) is 0 Å². The maximum absolute atomic E-state index is 9.60. The van der Waals surface area contributed by atoms with Crippen molar-refractivity contribution in [3.05, 3.63) is 30.3 Å². The SMILES string of the molecule is CC[C@@]1(CO)CCCN(CCOc2ccccc2)C1. The van der Waals surface area contributed by atoms with E-state index < -0.39 is 0 Å². The number of nitrogens with zero attached hydrogens (tertiary/aromatic N) is 1. The number of hydrogen-bond acceptors (Lipinski definition) is 3. The predicted octanol–water partition coefficient (Wildman–Crippen LogP) is 2.55. The molecule has 0 unspecified atom stereocenters. The minimum Gasteiger partial charge on any atom is -0.492 e. The molecule has 106 valence electrons. The van der Waals surface area contributed by atoms with E-state index >= 15 is 0 Å². The molecule has 1 atom stereocenters. The Hall–Kier alpha value is -1.06. The lowest BCUT2D eigenvalue weighted by Crippen LogP contribution is -2.46. The van der Waals surface area contributed by atoms with Crippen LogP contribution in [0.25, 0.3) is 0 Å². The normalized spacial score (nSPS) is 24.3. The molecule has 2 rings (SSSR count). The summed E-state index contributed by atoms with van der Waals surface area (Å²) in [5.74, 6) is 0.934. The first-order valence-corrected chi connectivity index (χ1v) is 7.29. The van der Waals surface area contributed by atoms with Crippen molar-refractivity contribution in [3.8, 4) is 5.75 Å². The first-order valence-electron chi connectivity index (χ1n) is 7.29. The van der Waals surface area contributed by atoms with E-state index in [-0.39, 0.29) is 5.41 Å². The van der Waals surface area contributed by atoms with Crippen molar-refractivity contribution >= 4 is 0 Å². The van der Waals surface area contributed by atoms with Crippen LogP contribution in [0.5, 0.6) is 5.75 Å². The monoisotopic (exact) mass is 263 g/mol. The van der Waals surface area contributed by atoms with Crippen molar-refractivity contribution < 1.29 is 9.84 Å². The lowest BCUT2D eigenvalue weighted by molar-refractivity contribution is 0.0242. The van der Waals surface area contributed by atoms with Crippen LogP contribution >= 0.6 is 0 Å². The number of para-hydroxylation sites is 1. The molecular formula is C16H25NO2. The molecule has 0 amide bonds. The summed E-state index contributed by atoms with van der Waals surface area (Å²) in [6.07, 6.45) is 3.38. The number of rotatable bonds is 6. The van der Waals surface area contributed by atoms with Crippen molar-refractivity contribution in [1.29, 1.82) is 0 Å². The van der Waals surface area contributed by atoms with Gasteiger partial charge in [0, 0.05) is 25.1 Å². The fraction of sp³-hybridized carbons (Fsp3) is 0.625. The van der Waals surface area contributed by atoms with Crippen molar-refractivity contribution in [1.82, 2.24) is 4.90 Å². The lowest BCUT2D eigenvalue weighted by atomic mass is 9.78. The van der Waals surface area contributed by atoms with Gasteiger partial charge in [-0.1, -0.05) is 25.1 Å². The van der Waals surface area contributed by atoms with Gasteiger partial charge in [0.15, 0.2) is 0 Å². The summed E-state index contributed by atoms with van der Waals surface area (Å²) in [5.41, 5.74) is 0.116. The standard InChI is InChI=1S/C16H25NO2/c1-2-16(14-18)9-6-10-17(13-16)11-12-19-15-7-4-3-5-8-15/h3-5,7-8,18H,2,6,9-14H2,1H3/t16-/m1/s1. The van der Waals surface area contributed by atoms with Gasteiger partial charge in [0.05, 0.1) is 0 Å². The number of aliphatic hydroxyl groups excluding tert-OH is 1. The molecule has 1 aromatic rings. The zero-order chi connectivity index (χ0) is 13.6. The lowest BCUT2D eigenvalue weighted by Gasteiger charge is -2.41. The van der Waals surface area contributed by atoms with Gasteiger partial charge < -0.3 is 9.84 Å². The van der Waals surface area contributed by atoms with Gasteiger partial charge in [-0.25, -0.2) is 0 Å². The molecule has 0 aliphatic carbocycles. The molecule has 3 nitrogen and oxygen atoms in total. The van der Waals surface area contributed by atoms with E-state index in [1.54, 1.807) is 0 Å². The van der Waals surface area contributed by atoms with Crippen LogP contribution in [0.2, 0.25) is 0 Å². The molecular weight excluding hydrogens is 238 g/mol. The van der Waals surface area contributed by atoms with E-state index in [0.29, 0.717) is 6.61 Å². The Bertz CT molecular complexity index is 362. The predicted molar refractivity (Wildman–Crippen MR) is 77.4 cm³/mol. The number of ether oxygens (including phenoxy) is 1. The molecule has 0 radical (unpaired) electrons. The van der Waals surface area contributed by atoms with Crippen LogP contribution in [0.1, 0.15) is 26.2 Å². The molecule has 0 spiro atoms. The topological polar surface area (TPSA) is 32.7 Å². The third-order valence-electron chi connectivity index (χ3n) is 4.25. The van der Waals surface area contributed by atoms with Crippen molar-refractivity contribution in [2.24, 2.45) is 5.41 Å². The van der Waals surface area contributed by atoms with Gasteiger partial charge in [-0.3, -0.25) is 4.90 Å². The van der Waals surface area contributed by atoms with E-state index in [1.807, 2.05) is 30.3 Å². The van der Waals surface area contributed by atoms with E-state index in [0.717, 1.165) is 44.8 Å². The van der Waals surface area contributed by atoms with Gasteiger partial charge in [0.25, 0.3) is 0 Å². The number of aliphatic hydroxyl groups is 1. The largest absolute Gasteiger partial charge is 0.492 e. The molecule has 1 fully saturated rings. The second-order valence-corrected chi connectivity index (χ2v) is 5.55. The number of benzene rings is 1. The highest BCUT2D eigenvalue weighted by atomic mass is 16.5. The Kier molecular flexibility index (Phi) is 5.23. The fourth-order valence-corrected chi connectivity index (χ4v) is 2.84. The molecule has 1 aromatic carbocycles. The quantitative estimate of drug-likeness (QED) is 0.856. The third-order valence-corrected chi connectivity index (χ3v) is 4.25. The van der Waals surface area contributed by atoms with Crippen LogP contribution in [-0.2, 0) is 0 Å². The minimum absolute atomic E-state index is 0.116. The zero-order valence-electron chi connectivity index (χ0n) is 11.8. The highest BCUT2D eigenvalue weighted by Gasteiger charge is 2.32. The Balaban J connectivity index is 1.77. The second kappa shape index (κ2) is 6.92. The molecule has 0 bridgehead atoms. The number of likely N-dealkylation sites (tertiary alicyclic amines) is 1. The van der Waals surface area contributed by atoms with Crippen LogP contribution < -0.4 is 4.74 Å². The van der Waals surface area contributed by atoms with Crippen molar-refractivity contribution in [3.63, 3.8) is 0 Å². The third kappa shape index (κ3) is 3.95. The maximum atomic E-state index is 9.60. The summed E-state index contributed by atoms with van der Waals surface area (Å²) >= 11 is 0. The van der Waals surface area contributed by atoms with E-state index in [2.05, 4.69) is 11.8 Å². The maximum Gasteiger partial charge on any atom is 0.119 e. The Morgan fingerprint density at radius 1 is 1.32 bits per heavy atom. The summed E-state index contributed by atoms with van der Waals surface area (Å²) in [4.78, 5) is 2.42. The highest BCUT2D eigenvalue weighted by molar-refractivity contribution is 5.20. The molecule has 3 heteroatoms. The molecule has 1 aliphatic heterocycles. The van der Waals surface area contributed by atoms with Crippen LogP contribution in [0, 0.1) is 5.41 Å². The Morgan fingerprint density at radius 3 is 2.79 bits per heavy atom. The smallest absolute Gasteiger partial charge is 0.119 e. The van der Waals surface area contributed by atoms with E-state index in [9.17, 15) is 5.11 Å². The minimum atomic E-state index is 0.116. The van der Waals surface area contributed by atoms with Crippen molar-refractivity contribution in [2.45, 2.75) is 26.2 Å². The molecule has 1 N–H and O–H groups in total. The van der Waals surface area contributed by atoms with Crippen LogP contribution in [0.15, 0.2) is 30.3 Å². The fourth-order valence-electron chi connectivity index (χ4n) is 2.84. The van der Waals surface area contributed by atoms with Crippen LogP contribution in [0.3, 0.4) is 0 Å². The zero-order valence-corrected chi connectivity index (χ0v) is 11.8. The van der Waals surface area contributed by atoms with Gasteiger partial charge in [0.1, 0.15) is 12.4 Å². The van der Waals surface area contributed by atoms with Gasteiger partial charge in [-0.2, -0.15) is 0 Å². The summed E-state index contributed by atoms with van der Waals surface area (Å²) < 4.78 is 5.74. The molecule has 1 aliphatic rings. The van der Waals surface area contributed by atoms with Gasteiger partial charge in [-0.05, 0) is 37.9 Å². The van der Waals surface area contributed by atoms with Crippen LogP contribution in [-0.4, -0.2) is 42.9 Å². The molecule has 1 heterocycles. The van der Waals surface area contributed by atoms with Gasteiger partial charge in [0.2, 0.25) is 0 Å². The van der Waals surface area contributed by atoms with Gasteiger partial charge >= 0.3 is 0 Å². The number of hydrogen-bond donors (Lipinski definition) is 1. The first-order chi connectivity index (χ1) is 9.28. The molecule has 19 heavy (non-hydrogen) atoms. The van der Waals surface area contributed by atoms with Crippen molar-refractivity contribution in [2.75, 3.05) is 32.8 Å². The molecule has 1 saturated heterocycles. The van der Waals surface area contributed by atoms with Crippen LogP contribution in [0.4, 0.5) is 0 Å². The van der Waals surface area contributed by atoms with E-state index in [4.69, 9.17) is 4.74 Å². The number of piperidine rings is 1. The first kappa shape index (κ1) is 14.4. The summed E-state index contributed by atoms with van der Waals surface area (Å²) in [6, 6.07) is 9.95. The summed E-state index contributed by atoms with van der Waals surface area (Å²) in [6.45, 7) is 6.27. The average molecular weight is 263 g/mol. The Labute approximate surface area is 116 Å². The summed E-state index contributed by atoms with van der Waals surface area (Å²) in [7, 11) is 0. The Morgan fingerprint density at radius 2 is 2.11 bits per heavy atom. The average Bonchev–Trinajstić information content (AvgIpc) is 2.48. The highest BCUT2D eigenvalue weighted by Crippen LogP contribution is 2.32.